The van der Waals surface area contributed by atoms with E-state index >= 15 is 0 Å². The van der Waals surface area contributed by atoms with Gasteiger partial charge in [-0.05, 0) is 23.8 Å². The highest BCUT2D eigenvalue weighted by Crippen LogP contribution is 2.31. The van der Waals surface area contributed by atoms with Gasteiger partial charge in [0.05, 0.1) is 19.8 Å². The number of hydrogen-bond donors (Lipinski definition) is 2. The van der Waals surface area contributed by atoms with Crippen LogP contribution in [0.4, 0.5) is 13.2 Å². The van der Waals surface area contributed by atoms with E-state index in [2.05, 4.69) is 15.6 Å². The van der Waals surface area contributed by atoms with Crippen LogP contribution in [0.2, 0.25) is 0 Å². The van der Waals surface area contributed by atoms with Gasteiger partial charge >= 0.3 is 6.18 Å². The van der Waals surface area contributed by atoms with Crippen molar-refractivity contribution in [3.63, 3.8) is 0 Å². The lowest BCUT2D eigenvalue weighted by atomic mass is 10.1. The molecule has 0 aliphatic rings. The molecule has 0 aromatic heterocycles. The zero-order valence-electron chi connectivity index (χ0n) is 15.4. The molecule has 0 heterocycles. The Morgan fingerprint density at radius 1 is 1.00 bits per heavy atom. The Bertz CT molecular complexity index is 792. The minimum atomic E-state index is -4.36. The van der Waals surface area contributed by atoms with E-state index in [9.17, 15) is 13.2 Å². The Morgan fingerprint density at radius 2 is 1.70 bits per heavy atom. The predicted molar refractivity (Wildman–Crippen MR) is 98.0 cm³/mol. The number of methoxy groups -OCH3 is 2. The number of nitrogens with zero attached hydrogens (tertiary/aromatic N) is 1. The number of hydrogen-bond acceptors (Lipinski definition) is 3. The lowest BCUT2D eigenvalue weighted by Crippen LogP contribution is -2.36. The van der Waals surface area contributed by atoms with Gasteiger partial charge < -0.3 is 20.1 Å². The molecule has 2 aromatic rings. The van der Waals surface area contributed by atoms with E-state index in [0.29, 0.717) is 29.6 Å². The number of benzene rings is 2. The van der Waals surface area contributed by atoms with Gasteiger partial charge in [0.1, 0.15) is 0 Å². The second-order valence-corrected chi connectivity index (χ2v) is 5.63. The van der Waals surface area contributed by atoms with Crippen molar-refractivity contribution in [2.45, 2.75) is 19.3 Å². The van der Waals surface area contributed by atoms with Crippen molar-refractivity contribution in [3.05, 3.63) is 59.2 Å². The van der Waals surface area contributed by atoms with Crippen LogP contribution in [0.3, 0.4) is 0 Å². The van der Waals surface area contributed by atoms with Crippen LogP contribution >= 0.6 is 0 Å². The molecule has 0 radical (unpaired) electrons. The first-order valence-corrected chi connectivity index (χ1v) is 8.19. The first-order chi connectivity index (χ1) is 12.9. The van der Waals surface area contributed by atoms with Gasteiger partial charge in [-0.1, -0.05) is 24.3 Å². The topological polar surface area (TPSA) is 54.9 Å². The summed E-state index contributed by atoms with van der Waals surface area (Å²) in [5, 5.41) is 6.11. The molecule has 2 N–H and O–H groups in total. The van der Waals surface area contributed by atoms with E-state index in [0.717, 1.165) is 17.7 Å². The average Bonchev–Trinajstić information content (AvgIpc) is 2.67. The first kappa shape index (κ1) is 20.4. The Kier molecular flexibility index (Phi) is 6.92. The zero-order chi connectivity index (χ0) is 19.9. The van der Waals surface area contributed by atoms with Crippen molar-refractivity contribution >= 4 is 5.96 Å². The second kappa shape index (κ2) is 9.16. The Labute approximate surface area is 156 Å². The average molecular weight is 381 g/mol. The maximum absolute atomic E-state index is 12.8. The summed E-state index contributed by atoms with van der Waals surface area (Å²) in [6.45, 7) is 0.613. The second-order valence-electron chi connectivity index (χ2n) is 5.63. The predicted octanol–water partition coefficient (Wildman–Crippen LogP) is 3.59. The van der Waals surface area contributed by atoms with Gasteiger partial charge in [-0.3, -0.25) is 4.99 Å². The minimum absolute atomic E-state index is 0.207. The molecule has 0 aliphatic carbocycles. The number of rotatable bonds is 6. The third-order valence-corrected chi connectivity index (χ3v) is 3.87. The van der Waals surface area contributed by atoms with Gasteiger partial charge in [0.2, 0.25) is 0 Å². The minimum Gasteiger partial charge on any atom is -0.493 e. The molecule has 0 fully saturated rings. The molecule has 0 unspecified atom stereocenters. The normalized spacial score (nSPS) is 11.9. The Balaban J connectivity index is 2.00. The summed E-state index contributed by atoms with van der Waals surface area (Å²) in [6.07, 6.45) is -4.36. The molecule has 2 rings (SSSR count). The van der Waals surface area contributed by atoms with Crippen molar-refractivity contribution in [3.8, 4) is 11.5 Å². The molecule has 0 bridgehead atoms. The van der Waals surface area contributed by atoms with Crippen LogP contribution in [-0.2, 0) is 19.3 Å². The Hall–Kier alpha value is -2.90. The summed E-state index contributed by atoms with van der Waals surface area (Å²) in [5.41, 5.74) is 0.691. The number of halogens is 3. The van der Waals surface area contributed by atoms with Crippen molar-refractivity contribution in [2.75, 3.05) is 21.3 Å². The van der Waals surface area contributed by atoms with Gasteiger partial charge in [0.25, 0.3) is 0 Å². The van der Waals surface area contributed by atoms with Gasteiger partial charge in [-0.2, -0.15) is 13.2 Å². The number of para-hydroxylation sites is 1. The van der Waals surface area contributed by atoms with E-state index < -0.39 is 11.7 Å². The standard InChI is InChI=1S/C19H22F3N3O2/c1-23-18(24-11-13-6-4-8-15(10-13)19(20,21)22)25-12-14-7-5-9-16(26-2)17(14)27-3/h4-10H,11-12H2,1-3H3,(H2,23,24,25). The van der Waals surface area contributed by atoms with Crippen molar-refractivity contribution in [1.82, 2.24) is 10.6 Å². The van der Waals surface area contributed by atoms with E-state index in [1.54, 1.807) is 33.4 Å². The number of guanidine groups is 1. The molecule has 0 saturated carbocycles. The van der Waals surface area contributed by atoms with Gasteiger partial charge in [-0.15, -0.1) is 0 Å². The molecule has 5 nitrogen and oxygen atoms in total. The number of aliphatic imine (C=N–C) groups is 1. The molecule has 8 heteroatoms. The molecular weight excluding hydrogens is 359 g/mol. The summed E-state index contributed by atoms with van der Waals surface area (Å²) >= 11 is 0. The number of ether oxygens (including phenoxy) is 2. The van der Waals surface area contributed by atoms with Crippen LogP contribution in [0, 0.1) is 0 Å². The summed E-state index contributed by atoms with van der Waals surface area (Å²) < 4.78 is 49.0. The molecular formula is C19H22F3N3O2. The van der Waals surface area contributed by atoms with Crippen LogP contribution in [0.1, 0.15) is 16.7 Å². The molecule has 27 heavy (non-hydrogen) atoms. The maximum Gasteiger partial charge on any atom is 0.416 e. The molecule has 0 amide bonds. The van der Waals surface area contributed by atoms with E-state index in [1.165, 1.54) is 6.07 Å². The highest BCUT2D eigenvalue weighted by molar-refractivity contribution is 5.79. The number of alkyl halides is 3. The molecule has 0 aliphatic heterocycles. The summed E-state index contributed by atoms with van der Waals surface area (Å²) in [6, 6.07) is 10.7. The lowest BCUT2D eigenvalue weighted by molar-refractivity contribution is -0.137. The lowest BCUT2D eigenvalue weighted by Gasteiger charge is -2.16. The third-order valence-electron chi connectivity index (χ3n) is 3.87. The van der Waals surface area contributed by atoms with Gasteiger partial charge in [0, 0.05) is 25.7 Å². The van der Waals surface area contributed by atoms with Crippen LogP contribution in [0.25, 0.3) is 0 Å². The fourth-order valence-electron chi connectivity index (χ4n) is 2.54. The molecule has 0 atom stereocenters. The van der Waals surface area contributed by atoms with E-state index in [-0.39, 0.29) is 6.54 Å². The largest absolute Gasteiger partial charge is 0.493 e. The SMILES string of the molecule is CN=C(NCc1cccc(C(F)(F)F)c1)NCc1cccc(OC)c1OC. The molecule has 0 saturated heterocycles. The number of nitrogens with one attached hydrogen (secondary N) is 2. The summed E-state index contributed by atoms with van der Waals surface area (Å²) in [4.78, 5) is 4.09. The highest BCUT2D eigenvalue weighted by Gasteiger charge is 2.30. The van der Waals surface area contributed by atoms with Crippen LogP contribution in [0.15, 0.2) is 47.5 Å². The molecule has 0 spiro atoms. The van der Waals surface area contributed by atoms with Crippen LogP contribution < -0.4 is 20.1 Å². The monoisotopic (exact) mass is 381 g/mol. The third kappa shape index (κ3) is 5.54. The summed E-state index contributed by atoms with van der Waals surface area (Å²) in [7, 11) is 4.71. The quantitative estimate of drug-likeness (QED) is 0.593. The fraction of sp³-hybridized carbons (Fsp3) is 0.316. The van der Waals surface area contributed by atoms with Gasteiger partial charge in [-0.25, -0.2) is 0 Å². The zero-order valence-corrected chi connectivity index (χ0v) is 15.4. The highest BCUT2D eigenvalue weighted by atomic mass is 19.4. The van der Waals surface area contributed by atoms with Crippen LogP contribution in [0.5, 0.6) is 11.5 Å². The fourth-order valence-corrected chi connectivity index (χ4v) is 2.54. The summed E-state index contributed by atoms with van der Waals surface area (Å²) in [5.74, 6) is 1.68. The maximum atomic E-state index is 12.8. The Morgan fingerprint density at radius 3 is 2.33 bits per heavy atom. The smallest absolute Gasteiger partial charge is 0.416 e. The van der Waals surface area contributed by atoms with E-state index in [1.807, 2.05) is 12.1 Å². The van der Waals surface area contributed by atoms with Crippen LogP contribution in [-0.4, -0.2) is 27.2 Å². The van der Waals surface area contributed by atoms with Crippen molar-refractivity contribution in [1.29, 1.82) is 0 Å². The molecule has 146 valence electrons. The molecule has 2 aromatic carbocycles. The van der Waals surface area contributed by atoms with Crippen molar-refractivity contribution in [2.24, 2.45) is 4.99 Å². The van der Waals surface area contributed by atoms with Crippen molar-refractivity contribution < 1.29 is 22.6 Å². The van der Waals surface area contributed by atoms with Gasteiger partial charge in [0.15, 0.2) is 17.5 Å². The first-order valence-electron chi connectivity index (χ1n) is 8.19. The van der Waals surface area contributed by atoms with E-state index in [4.69, 9.17) is 9.47 Å².